The van der Waals surface area contributed by atoms with Gasteiger partial charge in [0.05, 0.1) is 6.10 Å². The van der Waals surface area contributed by atoms with E-state index in [-0.39, 0.29) is 6.10 Å². The molecule has 0 fully saturated rings. The zero-order chi connectivity index (χ0) is 7.28. The first-order valence-corrected chi connectivity index (χ1v) is 4.83. The third-order valence-electron chi connectivity index (χ3n) is 0.905. The molecule has 0 aromatic carbocycles. The summed E-state index contributed by atoms with van der Waals surface area (Å²) < 4.78 is 15.9. The smallest absolute Gasteiger partial charge is 0.335 e. The van der Waals surface area contributed by atoms with Gasteiger partial charge in [-0.25, -0.2) is 0 Å². The fourth-order valence-corrected chi connectivity index (χ4v) is 0.970. The molecule has 0 aliphatic heterocycles. The van der Waals surface area contributed by atoms with Crippen molar-refractivity contribution in [1.29, 1.82) is 0 Å². The van der Waals surface area contributed by atoms with E-state index >= 15 is 0 Å². The maximum Gasteiger partial charge on any atom is 0.366 e. The Morgan fingerprint density at radius 2 is 2.11 bits per heavy atom. The van der Waals surface area contributed by atoms with Gasteiger partial charge in [-0.15, -0.1) is 0 Å². The molecular formula is C6H14O2P+. The molecule has 3 heteroatoms. The molecule has 0 aromatic rings. The van der Waals surface area contributed by atoms with Crippen molar-refractivity contribution in [1.82, 2.24) is 0 Å². The molecule has 9 heavy (non-hydrogen) atoms. The molecule has 0 radical (unpaired) electrons. The molecule has 1 atom stereocenters. The van der Waals surface area contributed by atoms with Gasteiger partial charge in [-0.3, -0.25) is 0 Å². The van der Waals surface area contributed by atoms with Crippen LogP contribution in [0.5, 0.6) is 0 Å². The van der Waals surface area contributed by atoms with Gasteiger partial charge in [0.1, 0.15) is 6.16 Å². The van der Waals surface area contributed by atoms with Crippen LogP contribution in [0.25, 0.3) is 0 Å². The quantitative estimate of drug-likeness (QED) is 0.573. The average molecular weight is 149 g/mol. The van der Waals surface area contributed by atoms with E-state index in [1.54, 1.807) is 0 Å². The molecule has 0 rings (SSSR count). The minimum Gasteiger partial charge on any atom is -0.335 e. The van der Waals surface area contributed by atoms with Crippen molar-refractivity contribution in [2.75, 3.05) is 12.5 Å². The van der Waals surface area contributed by atoms with Crippen LogP contribution in [-0.2, 0) is 9.30 Å². The van der Waals surface area contributed by atoms with Gasteiger partial charge < -0.3 is 4.74 Å². The summed E-state index contributed by atoms with van der Waals surface area (Å²) in [4.78, 5) is 0. The van der Waals surface area contributed by atoms with Gasteiger partial charge >= 0.3 is 7.80 Å². The van der Waals surface area contributed by atoms with Crippen LogP contribution in [0.4, 0.5) is 0 Å². The van der Waals surface area contributed by atoms with Crippen LogP contribution in [0.1, 0.15) is 20.8 Å². The van der Waals surface area contributed by atoms with Crippen LogP contribution >= 0.6 is 7.80 Å². The molecule has 0 spiro atoms. The first-order valence-electron chi connectivity index (χ1n) is 3.20. The van der Waals surface area contributed by atoms with Crippen molar-refractivity contribution in [2.24, 2.45) is 0 Å². The molecule has 0 N–H and O–H groups in total. The zero-order valence-electron chi connectivity index (χ0n) is 6.26. The van der Waals surface area contributed by atoms with Gasteiger partial charge in [0.15, 0.2) is 0 Å². The number of rotatable bonds is 4. The van der Waals surface area contributed by atoms with E-state index in [9.17, 15) is 4.57 Å². The van der Waals surface area contributed by atoms with E-state index in [0.29, 0.717) is 6.35 Å². The predicted octanol–water partition coefficient (Wildman–Crippen LogP) is 2.22. The maximum absolute atomic E-state index is 10.7. The van der Waals surface area contributed by atoms with E-state index in [1.807, 2.05) is 20.8 Å². The van der Waals surface area contributed by atoms with Crippen LogP contribution < -0.4 is 0 Å². The van der Waals surface area contributed by atoms with Gasteiger partial charge in [0, 0.05) is 0 Å². The normalized spacial score (nSPS) is 12.2. The molecule has 2 nitrogen and oxygen atoms in total. The Bertz CT molecular complexity index is 91.1. The summed E-state index contributed by atoms with van der Waals surface area (Å²) in [6, 6.07) is 0. The third-order valence-corrected chi connectivity index (χ3v) is 2.05. The molecule has 0 saturated carbocycles. The Morgan fingerprint density at radius 3 is 2.44 bits per heavy atom. The summed E-state index contributed by atoms with van der Waals surface area (Å²) in [5.74, 6) is 0. The summed E-state index contributed by atoms with van der Waals surface area (Å²) in [5.41, 5.74) is 0. The molecule has 0 aliphatic carbocycles. The van der Waals surface area contributed by atoms with Crippen LogP contribution in [0, 0.1) is 0 Å². The molecule has 0 amide bonds. The van der Waals surface area contributed by atoms with Gasteiger partial charge in [-0.1, -0.05) is 4.57 Å². The van der Waals surface area contributed by atoms with Crippen molar-refractivity contribution in [3.8, 4) is 0 Å². The van der Waals surface area contributed by atoms with Crippen LogP contribution in [0.3, 0.4) is 0 Å². The lowest BCUT2D eigenvalue weighted by atomic mass is 10.5. The summed E-state index contributed by atoms with van der Waals surface area (Å²) in [5, 5.41) is 0. The molecule has 0 heterocycles. The Morgan fingerprint density at radius 1 is 1.56 bits per heavy atom. The lowest BCUT2D eigenvalue weighted by molar-refractivity contribution is 0.116. The second kappa shape index (κ2) is 4.89. The molecule has 54 valence electrons. The largest absolute Gasteiger partial charge is 0.366 e. The highest BCUT2D eigenvalue weighted by atomic mass is 31.1. The SMILES string of the molecule is CC[P+](=O)COC(C)C. The molecule has 0 aliphatic rings. The van der Waals surface area contributed by atoms with Gasteiger partial charge in [-0.2, -0.15) is 0 Å². The number of hydrogen-bond donors (Lipinski definition) is 0. The predicted molar refractivity (Wildman–Crippen MR) is 39.2 cm³/mol. The van der Waals surface area contributed by atoms with Crippen molar-refractivity contribution in [2.45, 2.75) is 26.9 Å². The summed E-state index contributed by atoms with van der Waals surface area (Å²) in [6.45, 7) is 5.79. The average Bonchev–Trinajstić information content (AvgIpc) is 1.83. The first-order chi connectivity index (χ1) is 4.16. The highest BCUT2D eigenvalue weighted by Gasteiger charge is 2.10. The van der Waals surface area contributed by atoms with Crippen molar-refractivity contribution in [3.63, 3.8) is 0 Å². The van der Waals surface area contributed by atoms with Crippen molar-refractivity contribution in [3.05, 3.63) is 0 Å². The fourth-order valence-electron chi connectivity index (χ4n) is 0.323. The van der Waals surface area contributed by atoms with Crippen molar-refractivity contribution < 1.29 is 9.30 Å². The monoisotopic (exact) mass is 149 g/mol. The molecular weight excluding hydrogens is 135 g/mol. The van der Waals surface area contributed by atoms with E-state index in [1.165, 1.54) is 0 Å². The third kappa shape index (κ3) is 5.94. The Balaban J connectivity index is 3.17. The summed E-state index contributed by atoms with van der Waals surface area (Å²) in [7, 11) is -1.08. The van der Waals surface area contributed by atoms with Gasteiger partial charge in [-0.05, 0) is 20.8 Å². The highest BCUT2D eigenvalue weighted by molar-refractivity contribution is 7.44. The molecule has 0 saturated heterocycles. The van der Waals surface area contributed by atoms with Gasteiger partial charge in [0.2, 0.25) is 6.35 Å². The van der Waals surface area contributed by atoms with E-state index in [0.717, 1.165) is 6.16 Å². The Kier molecular flexibility index (Phi) is 4.93. The van der Waals surface area contributed by atoms with Crippen molar-refractivity contribution >= 4 is 7.80 Å². The Labute approximate surface area is 57.4 Å². The summed E-state index contributed by atoms with van der Waals surface area (Å²) in [6.07, 6.45) is 1.35. The van der Waals surface area contributed by atoms with E-state index in [4.69, 9.17) is 4.74 Å². The maximum atomic E-state index is 10.7. The molecule has 0 aromatic heterocycles. The van der Waals surface area contributed by atoms with Crippen LogP contribution in [-0.4, -0.2) is 18.6 Å². The minimum atomic E-state index is -1.08. The van der Waals surface area contributed by atoms with Gasteiger partial charge in [0.25, 0.3) is 0 Å². The topological polar surface area (TPSA) is 26.3 Å². The van der Waals surface area contributed by atoms with E-state index < -0.39 is 7.80 Å². The number of hydrogen-bond acceptors (Lipinski definition) is 2. The summed E-state index contributed by atoms with van der Waals surface area (Å²) >= 11 is 0. The molecule has 0 bridgehead atoms. The van der Waals surface area contributed by atoms with Crippen LogP contribution in [0.2, 0.25) is 0 Å². The Hall–Kier alpha value is 0.0600. The highest BCUT2D eigenvalue weighted by Crippen LogP contribution is 2.19. The molecule has 1 unspecified atom stereocenters. The first kappa shape index (κ1) is 9.06. The number of ether oxygens (including phenoxy) is 1. The fraction of sp³-hybridized carbons (Fsp3) is 1.00. The lowest BCUT2D eigenvalue weighted by Crippen LogP contribution is -2.01. The second-order valence-electron chi connectivity index (χ2n) is 2.14. The minimum absolute atomic E-state index is 0.204. The lowest BCUT2D eigenvalue weighted by Gasteiger charge is -1.98. The standard InChI is InChI=1S/C6H14O2P/c1-4-9(7)5-8-6(2)3/h6H,4-5H2,1-3H3/q+1. The zero-order valence-corrected chi connectivity index (χ0v) is 7.15. The van der Waals surface area contributed by atoms with E-state index in [2.05, 4.69) is 0 Å². The second-order valence-corrected chi connectivity index (χ2v) is 4.00. The van der Waals surface area contributed by atoms with Crippen LogP contribution in [0.15, 0.2) is 0 Å².